The first-order chi connectivity index (χ1) is 11.2. The Hall–Kier alpha value is -2.28. The predicted molar refractivity (Wildman–Crippen MR) is 80.3 cm³/mol. The van der Waals surface area contributed by atoms with Gasteiger partial charge in [0.1, 0.15) is 10.5 Å². The average molecular weight is 392 g/mol. The zero-order chi connectivity index (χ0) is 19.2. The van der Waals surface area contributed by atoms with Crippen molar-refractivity contribution in [2.75, 3.05) is 0 Å². The predicted octanol–water partition coefficient (Wildman–Crippen LogP) is 0.400. The smallest absolute Gasteiger partial charge is 0.348 e. The molecule has 1 heterocycles. The van der Waals surface area contributed by atoms with Crippen LogP contribution in [-0.4, -0.2) is 43.7 Å². The van der Waals surface area contributed by atoms with Crippen molar-refractivity contribution in [1.82, 2.24) is 0 Å². The molecule has 0 unspecified atom stereocenters. The van der Waals surface area contributed by atoms with Gasteiger partial charge in [0.25, 0.3) is 26.0 Å². The van der Waals surface area contributed by atoms with Crippen LogP contribution in [0.15, 0.2) is 33.6 Å². The van der Waals surface area contributed by atoms with E-state index in [0.29, 0.717) is 18.2 Å². The lowest BCUT2D eigenvalue weighted by Gasteiger charge is -2.29. The van der Waals surface area contributed by atoms with E-state index in [0.717, 1.165) is 6.07 Å². The van der Waals surface area contributed by atoms with Gasteiger partial charge >= 0.3 is 11.9 Å². The minimum absolute atomic E-state index is 0.541. The minimum Gasteiger partial charge on any atom is -0.419 e. The molecule has 0 amide bonds. The summed E-state index contributed by atoms with van der Waals surface area (Å²) in [6, 6.07) is 2.07. The lowest BCUT2D eigenvalue weighted by atomic mass is 10.1. The number of rotatable bonds is 3. The SMILES string of the molecule is CC1(C)OC(=O)C(=Cc2cc(S(=O)(=O)O)ccc2S(=O)(=O)O)C(=O)O1. The highest BCUT2D eigenvalue weighted by Gasteiger charge is 2.39. The van der Waals surface area contributed by atoms with E-state index in [1.165, 1.54) is 13.8 Å². The van der Waals surface area contributed by atoms with Gasteiger partial charge in [-0.1, -0.05) is 0 Å². The summed E-state index contributed by atoms with van der Waals surface area (Å²) >= 11 is 0. The normalized spacial score (nSPS) is 17.7. The van der Waals surface area contributed by atoms with E-state index in [1.807, 2.05) is 0 Å². The highest BCUT2D eigenvalue weighted by atomic mass is 32.2. The van der Waals surface area contributed by atoms with Crippen LogP contribution in [0.2, 0.25) is 0 Å². The third-order valence-electron chi connectivity index (χ3n) is 2.97. The molecule has 1 aromatic rings. The molecule has 1 aliphatic rings. The van der Waals surface area contributed by atoms with E-state index >= 15 is 0 Å². The van der Waals surface area contributed by atoms with Crippen LogP contribution in [0.1, 0.15) is 19.4 Å². The molecule has 10 nitrogen and oxygen atoms in total. The highest BCUT2D eigenvalue weighted by molar-refractivity contribution is 7.86. The van der Waals surface area contributed by atoms with Crippen LogP contribution in [0.5, 0.6) is 0 Å². The number of ether oxygens (including phenoxy) is 2. The molecule has 0 radical (unpaired) electrons. The summed E-state index contributed by atoms with van der Waals surface area (Å²) in [6.45, 7) is 2.59. The van der Waals surface area contributed by atoms with E-state index in [2.05, 4.69) is 0 Å². The van der Waals surface area contributed by atoms with Crippen LogP contribution in [0.3, 0.4) is 0 Å². The number of carbonyl (C=O) groups excluding carboxylic acids is 2. The maximum absolute atomic E-state index is 11.9. The van der Waals surface area contributed by atoms with E-state index in [4.69, 9.17) is 14.0 Å². The second kappa shape index (κ2) is 5.91. The van der Waals surface area contributed by atoms with Gasteiger partial charge in [-0.05, 0) is 29.8 Å². The van der Waals surface area contributed by atoms with Crippen LogP contribution in [0.4, 0.5) is 0 Å². The lowest BCUT2D eigenvalue weighted by Crippen LogP contribution is -2.41. The minimum atomic E-state index is -4.83. The Morgan fingerprint density at radius 2 is 1.48 bits per heavy atom. The number of carbonyl (C=O) groups is 2. The number of hydrogen-bond acceptors (Lipinski definition) is 8. The molecule has 0 bridgehead atoms. The second-order valence-electron chi connectivity index (χ2n) is 5.39. The summed E-state index contributed by atoms with van der Waals surface area (Å²) in [6.07, 6.45) is 0.678. The molecular weight excluding hydrogens is 380 g/mol. The molecule has 0 aromatic heterocycles. The van der Waals surface area contributed by atoms with Crippen LogP contribution in [0.25, 0.3) is 6.08 Å². The third kappa shape index (κ3) is 4.22. The zero-order valence-corrected chi connectivity index (χ0v) is 14.4. The first-order valence-electron chi connectivity index (χ1n) is 6.48. The number of hydrogen-bond donors (Lipinski definition) is 2. The molecule has 0 atom stereocenters. The first kappa shape index (κ1) is 19.1. The molecule has 0 saturated carbocycles. The Balaban J connectivity index is 2.68. The van der Waals surface area contributed by atoms with E-state index < -0.39 is 58.9 Å². The highest BCUT2D eigenvalue weighted by Crippen LogP contribution is 2.27. The Bertz CT molecular complexity index is 977. The van der Waals surface area contributed by atoms with Gasteiger partial charge in [0.15, 0.2) is 0 Å². The summed E-state index contributed by atoms with van der Waals surface area (Å²) in [4.78, 5) is 22.3. The molecule has 1 saturated heterocycles. The van der Waals surface area contributed by atoms with Crippen molar-refractivity contribution in [1.29, 1.82) is 0 Å². The van der Waals surface area contributed by atoms with Gasteiger partial charge in [0.2, 0.25) is 0 Å². The van der Waals surface area contributed by atoms with E-state index in [9.17, 15) is 31.0 Å². The topological polar surface area (TPSA) is 161 Å². The molecule has 2 N–H and O–H groups in total. The molecule has 2 rings (SSSR count). The van der Waals surface area contributed by atoms with Crippen molar-refractivity contribution in [2.24, 2.45) is 0 Å². The first-order valence-corrected chi connectivity index (χ1v) is 9.36. The Morgan fingerprint density at radius 1 is 0.960 bits per heavy atom. The van der Waals surface area contributed by atoms with Gasteiger partial charge in [-0.25, -0.2) is 9.59 Å². The lowest BCUT2D eigenvalue weighted by molar-refractivity contribution is -0.222. The molecule has 0 spiro atoms. The maximum atomic E-state index is 11.9. The quantitative estimate of drug-likeness (QED) is 0.319. The van der Waals surface area contributed by atoms with Crippen LogP contribution >= 0.6 is 0 Å². The van der Waals surface area contributed by atoms with E-state index in [-0.39, 0.29) is 0 Å². The molecule has 1 fully saturated rings. The van der Waals surface area contributed by atoms with Crippen molar-refractivity contribution < 1.29 is 45.0 Å². The van der Waals surface area contributed by atoms with Gasteiger partial charge in [0, 0.05) is 13.8 Å². The molecule has 1 aliphatic heterocycles. The average Bonchev–Trinajstić information content (AvgIpc) is 2.39. The Morgan fingerprint density at radius 3 is 1.92 bits per heavy atom. The van der Waals surface area contributed by atoms with E-state index in [1.54, 1.807) is 0 Å². The number of esters is 2. The van der Waals surface area contributed by atoms with Crippen molar-refractivity contribution in [3.8, 4) is 0 Å². The van der Waals surface area contributed by atoms with Gasteiger partial charge in [0.05, 0.1) is 4.90 Å². The maximum Gasteiger partial charge on any atom is 0.348 e. The molecule has 1 aromatic carbocycles. The van der Waals surface area contributed by atoms with Crippen molar-refractivity contribution in [2.45, 2.75) is 29.4 Å². The third-order valence-corrected chi connectivity index (χ3v) is 4.75. The molecular formula is C13H12O10S2. The molecule has 0 aliphatic carbocycles. The summed E-state index contributed by atoms with van der Waals surface area (Å²) in [5.74, 6) is -3.81. The Kier molecular flexibility index (Phi) is 4.50. The molecule has 136 valence electrons. The Labute approximate surface area is 142 Å². The fourth-order valence-electron chi connectivity index (χ4n) is 1.97. The summed E-state index contributed by atoms with van der Waals surface area (Å²) in [5.41, 5.74) is -1.27. The fourth-order valence-corrected chi connectivity index (χ4v) is 3.14. The van der Waals surface area contributed by atoms with Crippen LogP contribution in [-0.2, 0) is 39.3 Å². The van der Waals surface area contributed by atoms with Gasteiger partial charge in [-0.2, -0.15) is 16.8 Å². The number of cyclic esters (lactones) is 2. The largest absolute Gasteiger partial charge is 0.419 e. The van der Waals surface area contributed by atoms with Gasteiger partial charge in [-0.3, -0.25) is 9.11 Å². The summed E-state index contributed by atoms with van der Waals surface area (Å²) in [5, 5.41) is 0. The summed E-state index contributed by atoms with van der Waals surface area (Å²) in [7, 11) is -9.54. The van der Waals surface area contributed by atoms with Crippen molar-refractivity contribution in [3.05, 3.63) is 29.3 Å². The van der Waals surface area contributed by atoms with Crippen LogP contribution < -0.4 is 0 Å². The van der Waals surface area contributed by atoms with Gasteiger partial charge < -0.3 is 9.47 Å². The standard InChI is InChI=1S/C13H12O10S2/c1-13(2)22-11(14)9(12(15)23-13)6-7-5-8(24(16,17)18)3-4-10(7)25(19,20)21/h3-6H,1-2H3,(H,16,17,18)(H,19,20,21). The number of benzene rings is 1. The van der Waals surface area contributed by atoms with Crippen molar-refractivity contribution in [3.63, 3.8) is 0 Å². The van der Waals surface area contributed by atoms with Gasteiger partial charge in [-0.15, -0.1) is 0 Å². The zero-order valence-electron chi connectivity index (χ0n) is 12.8. The monoisotopic (exact) mass is 392 g/mol. The fraction of sp³-hybridized carbons (Fsp3) is 0.231. The molecule has 12 heteroatoms. The molecule has 25 heavy (non-hydrogen) atoms. The van der Waals surface area contributed by atoms with Crippen molar-refractivity contribution >= 4 is 38.3 Å². The second-order valence-corrected chi connectivity index (χ2v) is 8.20. The van der Waals surface area contributed by atoms with Crippen LogP contribution in [0, 0.1) is 0 Å². The summed E-state index contributed by atoms with van der Waals surface area (Å²) < 4.78 is 73.1.